The van der Waals surface area contributed by atoms with E-state index in [0.717, 1.165) is 15.8 Å². The van der Waals surface area contributed by atoms with Gasteiger partial charge in [0.05, 0.1) is 19.8 Å². The summed E-state index contributed by atoms with van der Waals surface area (Å²) in [4.78, 5) is 12.2. The highest BCUT2D eigenvalue weighted by Crippen LogP contribution is 2.22. The average Bonchev–Trinajstić information content (AvgIpc) is 2.53. The summed E-state index contributed by atoms with van der Waals surface area (Å²) in [6.45, 7) is 0.430. The van der Waals surface area contributed by atoms with Gasteiger partial charge in [-0.1, -0.05) is 12.1 Å². The molecule has 0 heterocycles. The Hall–Kier alpha value is -2.01. The molecule has 2 aromatic carbocycles. The number of halogens is 1. The quantitative estimate of drug-likeness (QED) is 0.899. The molecule has 0 bridgehead atoms. The summed E-state index contributed by atoms with van der Waals surface area (Å²) in [5.74, 6) is 1.25. The largest absolute Gasteiger partial charge is 0.497 e. The molecule has 0 fully saturated rings. The van der Waals surface area contributed by atoms with Gasteiger partial charge in [0.1, 0.15) is 11.5 Å². The van der Waals surface area contributed by atoms with Crippen LogP contribution in [0, 0.1) is 0 Å². The molecule has 0 aliphatic rings. The van der Waals surface area contributed by atoms with Gasteiger partial charge in [0.15, 0.2) is 0 Å². The Kier molecular flexibility index (Phi) is 5.22. The zero-order chi connectivity index (χ0) is 15.2. The maximum Gasteiger partial charge on any atom is 0.252 e. The van der Waals surface area contributed by atoms with Gasteiger partial charge >= 0.3 is 0 Å². The first-order valence-corrected chi connectivity index (χ1v) is 7.18. The van der Waals surface area contributed by atoms with E-state index in [1.54, 1.807) is 32.4 Å². The molecule has 0 aromatic heterocycles. The molecule has 5 heteroatoms. The van der Waals surface area contributed by atoms with E-state index in [9.17, 15) is 4.79 Å². The SMILES string of the molecule is COc1cccc(CNC(=O)c2cc(OC)ccc2Br)c1. The standard InChI is InChI=1S/C16H16BrNO3/c1-20-12-5-3-4-11(8-12)10-18-16(19)14-9-13(21-2)6-7-15(14)17/h3-9H,10H2,1-2H3,(H,18,19). The molecule has 1 amide bonds. The number of amides is 1. The molecule has 4 nitrogen and oxygen atoms in total. The minimum atomic E-state index is -0.163. The van der Waals surface area contributed by atoms with Crippen LogP contribution in [0.15, 0.2) is 46.9 Å². The Morgan fingerprint density at radius 2 is 1.81 bits per heavy atom. The van der Waals surface area contributed by atoms with E-state index in [4.69, 9.17) is 9.47 Å². The van der Waals surface area contributed by atoms with Crippen LogP contribution in [0.4, 0.5) is 0 Å². The smallest absolute Gasteiger partial charge is 0.252 e. The number of carbonyl (C=O) groups excluding carboxylic acids is 1. The molecule has 0 saturated carbocycles. The summed E-state index contributed by atoms with van der Waals surface area (Å²) in [5, 5.41) is 2.88. The van der Waals surface area contributed by atoms with Gasteiger partial charge < -0.3 is 14.8 Å². The van der Waals surface area contributed by atoms with E-state index < -0.39 is 0 Å². The van der Waals surface area contributed by atoms with Crippen LogP contribution in [0.5, 0.6) is 11.5 Å². The predicted octanol–water partition coefficient (Wildman–Crippen LogP) is 3.40. The van der Waals surface area contributed by atoms with Crippen LogP contribution in [-0.4, -0.2) is 20.1 Å². The number of benzene rings is 2. The van der Waals surface area contributed by atoms with E-state index in [1.165, 1.54) is 0 Å². The number of methoxy groups -OCH3 is 2. The Balaban J connectivity index is 2.07. The van der Waals surface area contributed by atoms with Crippen molar-refractivity contribution in [3.63, 3.8) is 0 Å². The average molecular weight is 350 g/mol. The number of hydrogen-bond donors (Lipinski definition) is 1. The third kappa shape index (κ3) is 3.98. The van der Waals surface area contributed by atoms with Crippen molar-refractivity contribution < 1.29 is 14.3 Å². The fraction of sp³-hybridized carbons (Fsp3) is 0.188. The second-order valence-corrected chi connectivity index (χ2v) is 5.23. The molecule has 0 unspecified atom stereocenters. The topological polar surface area (TPSA) is 47.6 Å². The van der Waals surface area contributed by atoms with Crippen LogP contribution < -0.4 is 14.8 Å². The zero-order valence-corrected chi connectivity index (χ0v) is 13.4. The van der Waals surface area contributed by atoms with Gasteiger partial charge in [-0.05, 0) is 51.8 Å². The summed E-state index contributed by atoms with van der Waals surface area (Å²) >= 11 is 3.37. The number of ether oxygens (including phenoxy) is 2. The van der Waals surface area contributed by atoms with Gasteiger partial charge in [-0.3, -0.25) is 4.79 Å². The van der Waals surface area contributed by atoms with Crippen molar-refractivity contribution in [2.45, 2.75) is 6.54 Å². The van der Waals surface area contributed by atoms with E-state index in [0.29, 0.717) is 17.9 Å². The predicted molar refractivity (Wildman–Crippen MR) is 84.9 cm³/mol. The number of rotatable bonds is 5. The van der Waals surface area contributed by atoms with Gasteiger partial charge in [-0.2, -0.15) is 0 Å². The highest BCUT2D eigenvalue weighted by atomic mass is 79.9. The van der Waals surface area contributed by atoms with Crippen molar-refractivity contribution in [2.75, 3.05) is 14.2 Å². The van der Waals surface area contributed by atoms with Crippen LogP contribution in [0.1, 0.15) is 15.9 Å². The lowest BCUT2D eigenvalue weighted by atomic mass is 10.1. The lowest BCUT2D eigenvalue weighted by Gasteiger charge is -2.09. The molecule has 0 radical (unpaired) electrons. The molecule has 0 aliphatic heterocycles. The second-order valence-electron chi connectivity index (χ2n) is 4.38. The minimum absolute atomic E-state index is 0.163. The van der Waals surface area contributed by atoms with Gasteiger partial charge in [0, 0.05) is 11.0 Å². The molecule has 0 atom stereocenters. The summed E-state index contributed by atoms with van der Waals surface area (Å²) < 4.78 is 11.0. The Morgan fingerprint density at radius 1 is 1.10 bits per heavy atom. The van der Waals surface area contributed by atoms with Gasteiger partial charge in [-0.15, -0.1) is 0 Å². The lowest BCUT2D eigenvalue weighted by molar-refractivity contribution is 0.0949. The Bertz CT molecular complexity index is 643. The molecule has 2 rings (SSSR count). The molecule has 21 heavy (non-hydrogen) atoms. The monoisotopic (exact) mass is 349 g/mol. The third-order valence-electron chi connectivity index (χ3n) is 3.01. The summed E-state index contributed by atoms with van der Waals surface area (Å²) in [7, 11) is 3.19. The molecule has 0 saturated heterocycles. The Morgan fingerprint density at radius 3 is 2.52 bits per heavy atom. The van der Waals surface area contributed by atoms with Crippen molar-refractivity contribution in [3.8, 4) is 11.5 Å². The van der Waals surface area contributed by atoms with Gasteiger partial charge in [-0.25, -0.2) is 0 Å². The molecule has 110 valence electrons. The summed E-state index contributed by atoms with van der Waals surface area (Å²) in [6, 6.07) is 12.9. The zero-order valence-electron chi connectivity index (χ0n) is 11.9. The summed E-state index contributed by atoms with van der Waals surface area (Å²) in [5.41, 5.74) is 1.51. The molecule has 1 N–H and O–H groups in total. The van der Waals surface area contributed by atoms with E-state index in [1.807, 2.05) is 24.3 Å². The molecular weight excluding hydrogens is 334 g/mol. The first-order valence-electron chi connectivity index (χ1n) is 6.38. The van der Waals surface area contributed by atoms with Crippen molar-refractivity contribution >= 4 is 21.8 Å². The molecule has 0 spiro atoms. The minimum Gasteiger partial charge on any atom is -0.497 e. The maximum absolute atomic E-state index is 12.2. The van der Waals surface area contributed by atoms with Gasteiger partial charge in [0.25, 0.3) is 5.91 Å². The maximum atomic E-state index is 12.2. The number of nitrogens with one attached hydrogen (secondary N) is 1. The first kappa shape index (κ1) is 15.4. The third-order valence-corrected chi connectivity index (χ3v) is 3.70. The Labute approximate surface area is 132 Å². The molecule has 2 aromatic rings. The van der Waals surface area contributed by atoms with E-state index in [2.05, 4.69) is 21.2 Å². The van der Waals surface area contributed by atoms with Crippen molar-refractivity contribution in [3.05, 3.63) is 58.1 Å². The van der Waals surface area contributed by atoms with Crippen molar-refractivity contribution in [1.29, 1.82) is 0 Å². The highest BCUT2D eigenvalue weighted by molar-refractivity contribution is 9.10. The number of hydrogen-bond acceptors (Lipinski definition) is 3. The molecular formula is C16H16BrNO3. The van der Waals surface area contributed by atoms with Crippen LogP contribution >= 0.6 is 15.9 Å². The normalized spacial score (nSPS) is 10.0. The number of carbonyl (C=O) groups is 1. The second kappa shape index (κ2) is 7.13. The fourth-order valence-electron chi connectivity index (χ4n) is 1.87. The van der Waals surface area contributed by atoms with Crippen molar-refractivity contribution in [1.82, 2.24) is 5.32 Å². The summed E-state index contributed by atoms with van der Waals surface area (Å²) in [6.07, 6.45) is 0. The van der Waals surface area contributed by atoms with Gasteiger partial charge in [0.2, 0.25) is 0 Å². The highest BCUT2D eigenvalue weighted by Gasteiger charge is 2.11. The molecule has 0 aliphatic carbocycles. The lowest BCUT2D eigenvalue weighted by Crippen LogP contribution is -2.23. The first-order chi connectivity index (χ1) is 10.1. The van der Waals surface area contributed by atoms with Crippen LogP contribution in [0.3, 0.4) is 0 Å². The van der Waals surface area contributed by atoms with Crippen molar-refractivity contribution in [2.24, 2.45) is 0 Å². The van der Waals surface area contributed by atoms with Crippen LogP contribution in [0.2, 0.25) is 0 Å². The van der Waals surface area contributed by atoms with Crippen LogP contribution in [0.25, 0.3) is 0 Å². The van der Waals surface area contributed by atoms with E-state index >= 15 is 0 Å². The van der Waals surface area contributed by atoms with E-state index in [-0.39, 0.29) is 5.91 Å². The fourth-order valence-corrected chi connectivity index (χ4v) is 2.29. The van der Waals surface area contributed by atoms with Crippen LogP contribution in [-0.2, 0) is 6.54 Å².